The van der Waals surface area contributed by atoms with Gasteiger partial charge in [-0.1, -0.05) is 84.9 Å². The third kappa shape index (κ3) is 5.49. The van der Waals surface area contributed by atoms with E-state index in [0.29, 0.717) is 6.04 Å². The topological polar surface area (TPSA) is 3.24 Å². The second-order valence-corrected chi connectivity index (χ2v) is 6.52. The van der Waals surface area contributed by atoms with E-state index in [-0.39, 0.29) is 0 Å². The fourth-order valence-corrected chi connectivity index (χ4v) is 3.44. The van der Waals surface area contributed by atoms with Crippen molar-refractivity contribution in [3.8, 4) is 0 Å². The van der Waals surface area contributed by atoms with Crippen LogP contribution in [0.15, 0.2) is 97.1 Å². The zero-order valence-electron chi connectivity index (χ0n) is 14.8. The lowest BCUT2D eigenvalue weighted by atomic mass is 9.95. The number of hydrogen-bond donors (Lipinski definition) is 0. The number of anilines is 1. The molecule has 1 heteroatoms. The van der Waals surface area contributed by atoms with Crippen molar-refractivity contribution in [2.24, 2.45) is 0 Å². The molecule has 0 bridgehead atoms. The number of para-hydroxylation sites is 1. The molecule has 1 aliphatic rings. The van der Waals surface area contributed by atoms with E-state index in [4.69, 9.17) is 0 Å². The van der Waals surface area contributed by atoms with Gasteiger partial charge in [0.05, 0.1) is 0 Å². The summed E-state index contributed by atoms with van der Waals surface area (Å²) in [6, 6.07) is 34.4. The van der Waals surface area contributed by atoms with Gasteiger partial charge in [-0.3, -0.25) is 0 Å². The van der Waals surface area contributed by atoms with Crippen molar-refractivity contribution in [3.63, 3.8) is 0 Å². The summed E-state index contributed by atoms with van der Waals surface area (Å²) in [7, 11) is 0. The molecule has 0 saturated carbocycles. The third-order valence-corrected chi connectivity index (χ3v) is 4.70. The monoisotopic (exact) mass is 329 g/mol. The fraction of sp³-hybridized carbons (Fsp3) is 0.250. The predicted octanol–water partition coefficient (Wildman–Crippen LogP) is 5.97. The third-order valence-electron chi connectivity index (χ3n) is 4.70. The first-order valence-corrected chi connectivity index (χ1v) is 9.29. The lowest BCUT2D eigenvalue weighted by molar-refractivity contribution is 0.457. The molecule has 4 rings (SSSR count). The molecule has 1 saturated heterocycles. The summed E-state index contributed by atoms with van der Waals surface area (Å²) in [5.41, 5.74) is 2.83. The van der Waals surface area contributed by atoms with Crippen LogP contribution < -0.4 is 4.90 Å². The van der Waals surface area contributed by atoms with Crippen LogP contribution in [0.1, 0.15) is 24.8 Å². The van der Waals surface area contributed by atoms with Crippen molar-refractivity contribution in [1.82, 2.24) is 0 Å². The van der Waals surface area contributed by atoms with Crippen molar-refractivity contribution in [3.05, 3.63) is 103 Å². The van der Waals surface area contributed by atoms with Gasteiger partial charge in [0.15, 0.2) is 0 Å². The molecule has 1 fully saturated rings. The van der Waals surface area contributed by atoms with Gasteiger partial charge < -0.3 is 4.90 Å². The molecule has 1 nitrogen and oxygen atoms in total. The Balaban J connectivity index is 0.000000258. The summed E-state index contributed by atoms with van der Waals surface area (Å²) < 4.78 is 0. The molecule has 0 aliphatic carbocycles. The SMILES string of the molecule is c1ccc(CC2CCCCN2c2ccccc2)cc1.c1ccccc1. The Labute approximate surface area is 151 Å². The smallest absolute Gasteiger partial charge is 0.0368 e. The van der Waals surface area contributed by atoms with E-state index in [2.05, 4.69) is 65.6 Å². The molecule has 25 heavy (non-hydrogen) atoms. The molecule has 0 N–H and O–H groups in total. The summed E-state index contributed by atoms with van der Waals surface area (Å²) >= 11 is 0. The molecule has 1 unspecified atom stereocenters. The molecule has 3 aromatic rings. The van der Waals surface area contributed by atoms with Crippen LogP contribution in [-0.2, 0) is 6.42 Å². The van der Waals surface area contributed by atoms with Crippen molar-refractivity contribution < 1.29 is 0 Å². The molecule has 0 aromatic heterocycles. The van der Waals surface area contributed by atoms with Crippen LogP contribution in [0.4, 0.5) is 5.69 Å². The first kappa shape index (κ1) is 17.3. The number of hydrogen-bond acceptors (Lipinski definition) is 1. The van der Waals surface area contributed by atoms with Gasteiger partial charge in [-0.25, -0.2) is 0 Å². The maximum absolute atomic E-state index is 2.59. The standard InChI is InChI=1S/C18H21N.C6H6/c1-3-9-16(10-4-1)15-18-13-7-8-14-19(18)17-11-5-2-6-12-17;1-2-4-6-5-3-1/h1-6,9-12,18H,7-8,13-15H2;1-6H. The maximum atomic E-state index is 2.59. The summed E-state index contributed by atoms with van der Waals surface area (Å²) in [5.74, 6) is 0. The fourth-order valence-electron chi connectivity index (χ4n) is 3.44. The summed E-state index contributed by atoms with van der Waals surface area (Å²) in [5, 5.41) is 0. The van der Waals surface area contributed by atoms with E-state index in [9.17, 15) is 0 Å². The molecule has 1 aliphatic heterocycles. The average molecular weight is 329 g/mol. The quantitative estimate of drug-likeness (QED) is 0.572. The van der Waals surface area contributed by atoms with Crippen LogP contribution in [0, 0.1) is 0 Å². The second-order valence-electron chi connectivity index (χ2n) is 6.52. The van der Waals surface area contributed by atoms with E-state index < -0.39 is 0 Å². The van der Waals surface area contributed by atoms with Crippen LogP contribution >= 0.6 is 0 Å². The zero-order chi connectivity index (χ0) is 17.2. The molecule has 1 heterocycles. The van der Waals surface area contributed by atoms with E-state index in [1.165, 1.54) is 37.1 Å². The minimum atomic E-state index is 0.651. The predicted molar refractivity (Wildman–Crippen MR) is 108 cm³/mol. The summed E-state index contributed by atoms with van der Waals surface area (Å²) in [6.07, 6.45) is 5.15. The largest absolute Gasteiger partial charge is 0.368 e. The lowest BCUT2D eigenvalue weighted by Crippen LogP contribution is -2.40. The van der Waals surface area contributed by atoms with Crippen LogP contribution in [0.2, 0.25) is 0 Å². The van der Waals surface area contributed by atoms with Crippen molar-refractivity contribution >= 4 is 5.69 Å². The van der Waals surface area contributed by atoms with Crippen LogP contribution in [0.25, 0.3) is 0 Å². The molecular weight excluding hydrogens is 302 g/mol. The maximum Gasteiger partial charge on any atom is 0.0368 e. The minimum Gasteiger partial charge on any atom is -0.368 e. The Morgan fingerprint density at radius 1 is 0.640 bits per heavy atom. The summed E-state index contributed by atoms with van der Waals surface area (Å²) in [6.45, 7) is 1.20. The Morgan fingerprint density at radius 2 is 1.16 bits per heavy atom. The number of rotatable bonds is 3. The highest BCUT2D eigenvalue weighted by Crippen LogP contribution is 2.26. The zero-order valence-corrected chi connectivity index (χ0v) is 14.8. The van der Waals surface area contributed by atoms with Gasteiger partial charge >= 0.3 is 0 Å². The normalized spacial score (nSPS) is 16.6. The Kier molecular flexibility index (Phi) is 6.70. The molecule has 1 atom stereocenters. The van der Waals surface area contributed by atoms with Gasteiger partial charge in [0, 0.05) is 18.3 Å². The molecule has 3 aromatic carbocycles. The average Bonchev–Trinajstić information content (AvgIpc) is 2.72. The van der Waals surface area contributed by atoms with Crippen molar-refractivity contribution in [2.45, 2.75) is 31.7 Å². The molecule has 0 amide bonds. The van der Waals surface area contributed by atoms with E-state index in [1.54, 1.807) is 0 Å². The van der Waals surface area contributed by atoms with Crippen molar-refractivity contribution in [2.75, 3.05) is 11.4 Å². The first-order valence-electron chi connectivity index (χ1n) is 9.29. The Morgan fingerprint density at radius 3 is 1.76 bits per heavy atom. The van der Waals surface area contributed by atoms with Crippen molar-refractivity contribution in [1.29, 1.82) is 0 Å². The molecule has 0 radical (unpaired) electrons. The van der Waals surface area contributed by atoms with Crippen LogP contribution in [0.5, 0.6) is 0 Å². The second kappa shape index (κ2) is 9.68. The summed E-state index contributed by atoms with van der Waals surface area (Å²) in [4.78, 5) is 2.59. The molecule has 128 valence electrons. The van der Waals surface area contributed by atoms with E-state index >= 15 is 0 Å². The Bertz CT molecular complexity index is 667. The van der Waals surface area contributed by atoms with Gasteiger partial charge in [-0.15, -0.1) is 0 Å². The number of nitrogens with zero attached hydrogens (tertiary/aromatic N) is 1. The number of piperidine rings is 1. The highest BCUT2D eigenvalue weighted by molar-refractivity contribution is 5.47. The highest BCUT2D eigenvalue weighted by Gasteiger charge is 2.22. The Hall–Kier alpha value is -2.54. The van der Waals surface area contributed by atoms with Crippen LogP contribution in [0.3, 0.4) is 0 Å². The van der Waals surface area contributed by atoms with Gasteiger partial charge in [0.1, 0.15) is 0 Å². The number of benzene rings is 3. The molecular formula is C24H27N. The first-order chi connectivity index (χ1) is 12.4. The van der Waals surface area contributed by atoms with Gasteiger partial charge in [-0.05, 0) is 43.4 Å². The molecule has 0 spiro atoms. The van der Waals surface area contributed by atoms with Crippen LogP contribution in [-0.4, -0.2) is 12.6 Å². The van der Waals surface area contributed by atoms with E-state index in [0.717, 1.165) is 6.42 Å². The van der Waals surface area contributed by atoms with Gasteiger partial charge in [0.2, 0.25) is 0 Å². The van der Waals surface area contributed by atoms with Gasteiger partial charge in [0.25, 0.3) is 0 Å². The van der Waals surface area contributed by atoms with Gasteiger partial charge in [-0.2, -0.15) is 0 Å². The highest BCUT2D eigenvalue weighted by atomic mass is 15.2. The van der Waals surface area contributed by atoms with E-state index in [1.807, 2.05) is 36.4 Å². The lowest BCUT2D eigenvalue weighted by Gasteiger charge is -2.38. The minimum absolute atomic E-state index is 0.651.